The van der Waals surface area contributed by atoms with E-state index in [0.29, 0.717) is 0 Å². The highest BCUT2D eigenvalue weighted by molar-refractivity contribution is 7.80. The van der Waals surface area contributed by atoms with Crippen LogP contribution >= 0.6 is 12.6 Å². The van der Waals surface area contributed by atoms with E-state index < -0.39 is 12.0 Å². The Morgan fingerprint density at radius 3 is 2.45 bits per heavy atom. The third-order valence-corrected chi connectivity index (χ3v) is 1.41. The second-order valence-electron chi connectivity index (χ2n) is 1.96. The minimum absolute atomic E-state index is 0.242. The van der Waals surface area contributed by atoms with Crippen molar-refractivity contribution in [2.45, 2.75) is 13.0 Å². The van der Waals surface area contributed by atoms with Crippen LogP contribution in [0.25, 0.3) is 0 Å². The zero-order chi connectivity index (χ0) is 8.85. The Bertz CT molecular complexity index is 160. The van der Waals surface area contributed by atoms with Gasteiger partial charge in [-0.25, -0.2) is 4.79 Å². The molecule has 4 nitrogen and oxygen atoms in total. The van der Waals surface area contributed by atoms with Crippen LogP contribution in [0.3, 0.4) is 0 Å². The Kier molecular flexibility index (Phi) is 4.69. The highest BCUT2D eigenvalue weighted by Crippen LogP contribution is 1.90. The lowest BCUT2D eigenvalue weighted by molar-refractivity contribution is -0.144. The van der Waals surface area contributed by atoms with Crippen molar-refractivity contribution in [1.29, 1.82) is 0 Å². The summed E-state index contributed by atoms with van der Waals surface area (Å²) < 4.78 is 4.40. The molecular weight excluding hydrogens is 166 g/mol. The van der Waals surface area contributed by atoms with E-state index in [1.165, 1.54) is 14.0 Å². The van der Waals surface area contributed by atoms with E-state index in [1.807, 2.05) is 0 Å². The molecule has 0 heterocycles. The van der Waals surface area contributed by atoms with Crippen LogP contribution in [0, 0.1) is 0 Å². The molecule has 64 valence electrons. The number of nitrogens with one attached hydrogen (secondary N) is 1. The first-order valence-electron chi connectivity index (χ1n) is 3.07. The predicted octanol–water partition coefficient (Wildman–Crippen LogP) is -0.406. The second-order valence-corrected chi connectivity index (χ2v) is 2.32. The summed E-state index contributed by atoms with van der Waals surface area (Å²) in [5.74, 6) is -0.503. The molecule has 0 rings (SSSR count). The number of hydrogen-bond acceptors (Lipinski definition) is 4. The third kappa shape index (κ3) is 3.87. The van der Waals surface area contributed by atoms with Gasteiger partial charge in [0.25, 0.3) is 0 Å². The monoisotopic (exact) mass is 177 g/mol. The highest BCUT2D eigenvalue weighted by Gasteiger charge is 2.17. The SMILES string of the molecule is COC(=O)C(CS)NC(C)=O. The van der Waals surface area contributed by atoms with Gasteiger partial charge >= 0.3 is 5.97 Å². The van der Waals surface area contributed by atoms with Gasteiger partial charge in [-0.2, -0.15) is 12.6 Å². The Labute approximate surface area is 70.7 Å². The van der Waals surface area contributed by atoms with Crippen LogP contribution in [-0.4, -0.2) is 30.8 Å². The molecule has 0 aromatic rings. The van der Waals surface area contributed by atoms with Gasteiger partial charge in [-0.15, -0.1) is 0 Å². The second kappa shape index (κ2) is 5.01. The van der Waals surface area contributed by atoms with Crippen molar-refractivity contribution in [2.75, 3.05) is 12.9 Å². The van der Waals surface area contributed by atoms with Crippen LogP contribution in [0.1, 0.15) is 6.92 Å². The highest BCUT2D eigenvalue weighted by atomic mass is 32.1. The molecule has 5 heteroatoms. The molecule has 0 saturated heterocycles. The van der Waals surface area contributed by atoms with Gasteiger partial charge in [-0.05, 0) is 0 Å². The predicted molar refractivity (Wildman–Crippen MR) is 43.5 cm³/mol. The zero-order valence-electron chi connectivity index (χ0n) is 6.46. The standard InChI is InChI=1S/C6H11NO3S/c1-4(8)7-5(3-11)6(9)10-2/h5,11H,3H2,1-2H3,(H,7,8). The molecule has 0 aromatic carbocycles. The number of carbonyl (C=O) groups is 2. The van der Waals surface area contributed by atoms with Gasteiger partial charge in [-0.1, -0.05) is 0 Å². The van der Waals surface area contributed by atoms with Crippen molar-refractivity contribution in [3.05, 3.63) is 0 Å². The first-order chi connectivity index (χ1) is 5.11. The van der Waals surface area contributed by atoms with E-state index in [0.717, 1.165) is 0 Å². The molecule has 0 aliphatic carbocycles. The van der Waals surface area contributed by atoms with Gasteiger partial charge in [0.05, 0.1) is 7.11 Å². The average Bonchev–Trinajstić information content (AvgIpc) is 1.98. The first kappa shape index (κ1) is 10.3. The number of carbonyl (C=O) groups excluding carboxylic acids is 2. The van der Waals surface area contributed by atoms with Crippen LogP contribution in [0.2, 0.25) is 0 Å². The van der Waals surface area contributed by atoms with Crippen LogP contribution in [0.4, 0.5) is 0 Å². The van der Waals surface area contributed by atoms with Crippen LogP contribution in [-0.2, 0) is 14.3 Å². The molecule has 0 aromatic heterocycles. The number of amides is 1. The Hall–Kier alpha value is -0.710. The van der Waals surface area contributed by atoms with Crippen LogP contribution < -0.4 is 5.32 Å². The summed E-state index contributed by atoms with van der Waals surface area (Å²) in [5.41, 5.74) is 0. The molecule has 0 aliphatic rings. The maximum atomic E-state index is 10.8. The van der Waals surface area contributed by atoms with Crippen LogP contribution in [0.15, 0.2) is 0 Å². The molecule has 1 atom stereocenters. The largest absolute Gasteiger partial charge is 0.467 e. The summed E-state index contributed by atoms with van der Waals surface area (Å²) in [7, 11) is 1.26. The minimum Gasteiger partial charge on any atom is -0.467 e. The lowest BCUT2D eigenvalue weighted by atomic mass is 10.3. The number of rotatable bonds is 3. The minimum atomic E-state index is -0.638. The molecule has 1 unspecified atom stereocenters. The summed E-state index contributed by atoms with van der Waals surface area (Å²) in [6, 6.07) is -0.638. The van der Waals surface area contributed by atoms with E-state index in [1.54, 1.807) is 0 Å². The van der Waals surface area contributed by atoms with Gasteiger partial charge in [-0.3, -0.25) is 4.79 Å². The van der Waals surface area contributed by atoms with Crippen molar-refractivity contribution in [3.63, 3.8) is 0 Å². The summed E-state index contributed by atoms with van der Waals surface area (Å²) in [6.45, 7) is 1.33. The molecule has 1 amide bonds. The Morgan fingerprint density at radius 1 is 1.64 bits per heavy atom. The summed E-state index contributed by atoms with van der Waals surface area (Å²) in [4.78, 5) is 21.3. The maximum absolute atomic E-state index is 10.8. The molecule has 0 saturated carbocycles. The van der Waals surface area contributed by atoms with Crippen molar-refractivity contribution in [1.82, 2.24) is 5.32 Å². The lowest BCUT2D eigenvalue weighted by Crippen LogP contribution is -2.41. The first-order valence-corrected chi connectivity index (χ1v) is 3.70. The Balaban J connectivity index is 3.94. The molecule has 0 bridgehead atoms. The van der Waals surface area contributed by atoms with Gasteiger partial charge in [0.15, 0.2) is 0 Å². The zero-order valence-corrected chi connectivity index (χ0v) is 7.35. The summed E-state index contributed by atoms with van der Waals surface area (Å²) in [6.07, 6.45) is 0. The lowest BCUT2D eigenvalue weighted by Gasteiger charge is -2.11. The molecule has 11 heavy (non-hydrogen) atoms. The van der Waals surface area contributed by atoms with E-state index in [4.69, 9.17) is 0 Å². The topological polar surface area (TPSA) is 55.4 Å². The van der Waals surface area contributed by atoms with Gasteiger partial charge in [0.1, 0.15) is 6.04 Å². The summed E-state index contributed by atoms with van der Waals surface area (Å²) >= 11 is 3.87. The molecule has 0 fully saturated rings. The molecule has 1 N–H and O–H groups in total. The van der Waals surface area contributed by atoms with Crippen molar-refractivity contribution >= 4 is 24.5 Å². The molecule has 0 radical (unpaired) electrons. The van der Waals surface area contributed by atoms with E-state index in [-0.39, 0.29) is 11.7 Å². The number of thiol groups is 1. The maximum Gasteiger partial charge on any atom is 0.329 e. The fourth-order valence-electron chi connectivity index (χ4n) is 0.567. The normalized spacial score (nSPS) is 11.9. The van der Waals surface area contributed by atoms with Crippen molar-refractivity contribution in [2.24, 2.45) is 0 Å². The average molecular weight is 177 g/mol. The molecule has 0 spiro atoms. The fourth-order valence-corrected chi connectivity index (χ4v) is 0.807. The van der Waals surface area contributed by atoms with E-state index >= 15 is 0 Å². The quantitative estimate of drug-likeness (QED) is 0.455. The number of hydrogen-bond donors (Lipinski definition) is 2. The van der Waals surface area contributed by atoms with Gasteiger partial charge in [0, 0.05) is 12.7 Å². The number of esters is 1. The smallest absolute Gasteiger partial charge is 0.329 e. The molecular formula is C6H11NO3S. The number of ether oxygens (including phenoxy) is 1. The van der Waals surface area contributed by atoms with Gasteiger partial charge in [0.2, 0.25) is 5.91 Å². The Morgan fingerprint density at radius 2 is 2.18 bits per heavy atom. The fraction of sp³-hybridized carbons (Fsp3) is 0.667. The number of methoxy groups -OCH3 is 1. The molecule has 0 aliphatic heterocycles. The van der Waals surface area contributed by atoms with Crippen molar-refractivity contribution < 1.29 is 14.3 Å². The van der Waals surface area contributed by atoms with Crippen molar-refractivity contribution in [3.8, 4) is 0 Å². The van der Waals surface area contributed by atoms with Gasteiger partial charge < -0.3 is 10.1 Å². The van der Waals surface area contributed by atoms with E-state index in [9.17, 15) is 9.59 Å². The van der Waals surface area contributed by atoms with E-state index in [2.05, 4.69) is 22.7 Å². The summed E-state index contributed by atoms with van der Waals surface area (Å²) in [5, 5.41) is 2.39. The third-order valence-electron chi connectivity index (χ3n) is 1.05. The van der Waals surface area contributed by atoms with Crippen LogP contribution in [0.5, 0.6) is 0 Å².